The van der Waals surface area contributed by atoms with Crippen LogP contribution in [0.25, 0.3) is 11.2 Å². The molecule has 2 aromatic rings. The molecule has 1 aliphatic heterocycles. The molecule has 8 nitrogen and oxygen atoms in total. The van der Waals surface area contributed by atoms with E-state index in [1.807, 2.05) is 0 Å². The number of aromatic amines is 1. The summed E-state index contributed by atoms with van der Waals surface area (Å²) in [5.41, 5.74) is 0.306. The van der Waals surface area contributed by atoms with Crippen molar-refractivity contribution in [3.05, 3.63) is 23.0 Å². The van der Waals surface area contributed by atoms with Crippen molar-refractivity contribution in [2.24, 2.45) is 0 Å². The molecule has 1 aliphatic rings. The highest BCUT2D eigenvalue weighted by molar-refractivity contribution is 5.68. The molecular weight excluding hydrogens is 240 g/mol. The van der Waals surface area contributed by atoms with Gasteiger partial charge in [-0.2, -0.15) is 0 Å². The number of hydrogen-bond donors (Lipinski definition) is 3. The number of nitrogens with one attached hydrogen (secondary N) is 1. The van der Waals surface area contributed by atoms with Crippen LogP contribution in [0.5, 0.6) is 0 Å². The summed E-state index contributed by atoms with van der Waals surface area (Å²) < 4.78 is 7.00. The molecule has 3 atom stereocenters. The summed E-state index contributed by atoms with van der Waals surface area (Å²) in [6.07, 6.45) is 1.11. The van der Waals surface area contributed by atoms with Crippen molar-refractivity contribution in [1.82, 2.24) is 19.5 Å². The van der Waals surface area contributed by atoms with Crippen molar-refractivity contribution in [2.75, 3.05) is 6.61 Å². The third-order valence-corrected chi connectivity index (χ3v) is 3.07. The molecule has 0 aromatic carbocycles. The molecule has 3 unspecified atom stereocenters. The Balaban J connectivity index is 2.03. The molecule has 0 aliphatic carbocycles. The van der Waals surface area contributed by atoms with E-state index in [0.717, 1.165) is 0 Å². The molecule has 3 rings (SSSR count). The molecule has 0 saturated carbocycles. The predicted octanol–water partition coefficient (Wildman–Crippen LogP) is -1.24. The maximum absolute atomic E-state index is 11.7. The zero-order valence-electron chi connectivity index (χ0n) is 9.35. The van der Waals surface area contributed by atoms with Crippen molar-refractivity contribution in [3.8, 4) is 0 Å². The second-order valence-electron chi connectivity index (χ2n) is 4.17. The van der Waals surface area contributed by atoms with E-state index in [1.54, 1.807) is 0 Å². The minimum absolute atomic E-state index is 0.265. The van der Waals surface area contributed by atoms with Crippen molar-refractivity contribution in [2.45, 2.75) is 24.9 Å². The van der Waals surface area contributed by atoms with Crippen LogP contribution in [0.1, 0.15) is 12.6 Å². The number of ether oxygens (including phenoxy) is 1. The predicted molar refractivity (Wildman–Crippen MR) is 59.8 cm³/mol. The fourth-order valence-electron chi connectivity index (χ4n) is 2.15. The van der Waals surface area contributed by atoms with Gasteiger partial charge >= 0.3 is 0 Å². The van der Waals surface area contributed by atoms with Crippen LogP contribution in [0.2, 0.25) is 0 Å². The van der Waals surface area contributed by atoms with Crippen LogP contribution in [0.4, 0.5) is 0 Å². The SMILES string of the molecule is O=c1[nH]cnc2ncn(C3CC(O)C(CO)O3)c12. The first kappa shape index (κ1) is 11.3. The van der Waals surface area contributed by atoms with Gasteiger partial charge in [0.2, 0.25) is 0 Å². The van der Waals surface area contributed by atoms with E-state index in [1.165, 1.54) is 17.2 Å². The van der Waals surface area contributed by atoms with Gasteiger partial charge in [0.1, 0.15) is 12.3 Å². The number of aliphatic hydroxyl groups excluding tert-OH is 2. The molecule has 3 N–H and O–H groups in total. The average Bonchev–Trinajstić information content (AvgIpc) is 2.93. The molecule has 0 bridgehead atoms. The summed E-state index contributed by atoms with van der Waals surface area (Å²) in [7, 11) is 0. The number of rotatable bonds is 2. The number of imidazole rings is 1. The third-order valence-electron chi connectivity index (χ3n) is 3.07. The molecule has 8 heteroatoms. The number of H-pyrrole nitrogens is 1. The van der Waals surface area contributed by atoms with Crippen LogP contribution in [0, 0.1) is 0 Å². The monoisotopic (exact) mass is 252 g/mol. The fraction of sp³-hybridized carbons (Fsp3) is 0.500. The van der Waals surface area contributed by atoms with Gasteiger partial charge in [-0.15, -0.1) is 0 Å². The Hall–Kier alpha value is -1.77. The van der Waals surface area contributed by atoms with Gasteiger partial charge in [-0.3, -0.25) is 9.36 Å². The highest BCUT2D eigenvalue weighted by Gasteiger charge is 2.35. The Kier molecular flexibility index (Phi) is 2.62. The Labute approximate surface area is 101 Å². The molecule has 18 heavy (non-hydrogen) atoms. The lowest BCUT2D eigenvalue weighted by atomic mass is 10.2. The molecule has 3 heterocycles. The Bertz CT molecular complexity index is 622. The number of fused-ring (bicyclic) bond motifs is 1. The number of aliphatic hydroxyl groups is 2. The Morgan fingerprint density at radius 1 is 1.56 bits per heavy atom. The zero-order valence-corrected chi connectivity index (χ0v) is 9.35. The normalized spacial score (nSPS) is 28.0. The minimum atomic E-state index is -0.756. The Morgan fingerprint density at radius 2 is 2.39 bits per heavy atom. The Morgan fingerprint density at radius 3 is 3.11 bits per heavy atom. The highest BCUT2D eigenvalue weighted by atomic mass is 16.5. The molecule has 96 valence electrons. The lowest BCUT2D eigenvalue weighted by molar-refractivity contribution is -0.0431. The van der Waals surface area contributed by atoms with Crippen molar-refractivity contribution >= 4 is 11.2 Å². The molecule has 0 radical (unpaired) electrons. The maximum atomic E-state index is 11.7. The van der Waals surface area contributed by atoms with Gasteiger partial charge in [-0.1, -0.05) is 0 Å². The van der Waals surface area contributed by atoms with Crippen LogP contribution < -0.4 is 5.56 Å². The van der Waals surface area contributed by atoms with Gasteiger partial charge < -0.3 is 19.9 Å². The van der Waals surface area contributed by atoms with E-state index in [2.05, 4.69) is 15.0 Å². The van der Waals surface area contributed by atoms with E-state index < -0.39 is 18.4 Å². The molecule has 1 fully saturated rings. The summed E-state index contributed by atoms with van der Waals surface area (Å²) in [5, 5.41) is 18.7. The largest absolute Gasteiger partial charge is 0.394 e. The molecular formula is C10H12N4O4. The van der Waals surface area contributed by atoms with Gasteiger partial charge in [0.15, 0.2) is 11.2 Å². The number of hydrogen-bond acceptors (Lipinski definition) is 6. The summed E-state index contributed by atoms with van der Waals surface area (Å²) >= 11 is 0. The van der Waals surface area contributed by atoms with Gasteiger partial charge in [0.25, 0.3) is 5.56 Å². The first-order valence-electron chi connectivity index (χ1n) is 5.55. The van der Waals surface area contributed by atoms with E-state index in [0.29, 0.717) is 17.6 Å². The molecule has 1 saturated heterocycles. The fourth-order valence-corrected chi connectivity index (χ4v) is 2.15. The zero-order chi connectivity index (χ0) is 12.7. The topological polar surface area (TPSA) is 113 Å². The maximum Gasteiger partial charge on any atom is 0.277 e. The molecule has 2 aromatic heterocycles. The first-order valence-corrected chi connectivity index (χ1v) is 5.55. The van der Waals surface area contributed by atoms with Gasteiger partial charge in [0.05, 0.1) is 25.4 Å². The lowest BCUT2D eigenvalue weighted by Crippen LogP contribution is -2.24. The van der Waals surface area contributed by atoms with E-state index >= 15 is 0 Å². The van der Waals surface area contributed by atoms with Crippen LogP contribution in [-0.4, -0.2) is 48.5 Å². The standard InChI is InChI=1S/C10H12N4O4/c15-2-6-5(16)1-7(18-6)14-4-13-9-8(14)10(17)12-3-11-9/h3-7,15-16H,1-2H2,(H,11,12,17). The summed E-state index contributed by atoms with van der Waals surface area (Å²) in [4.78, 5) is 22.1. The quantitative estimate of drug-likeness (QED) is 0.616. The van der Waals surface area contributed by atoms with Crippen LogP contribution in [0.3, 0.4) is 0 Å². The number of nitrogens with zero attached hydrogens (tertiary/aromatic N) is 3. The number of aromatic nitrogens is 4. The van der Waals surface area contributed by atoms with Crippen molar-refractivity contribution in [1.29, 1.82) is 0 Å². The average molecular weight is 252 g/mol. The van der Waals surface area contributed by atoms with Crippen LogP contribution >= 0.6 is 0 Å². The van der Waals surface area contributed by atoms with Gasteiger partial charge in [-0.25, -0.2) is 9.97 Å². The second kappa shape index (κ2) is 4.16. The highest BCUT2D eigenvalue weighted by Crippen LogP contribution is 2.29. The summed E-state index contributed by atoms with van der Waals surface area (Å²) in [6, 6.07) is 0. The lowest BCUT2D eigenvalue weighted by Gasteiger charge is -2.13. The van der Waals surface area contributed by atoms with Crippen LogP contribution in [0.15, 0.2) is 17.4 Å². The van der Waals surface area contributed by atoms with Gasteiger partial charge in [0, 0.05) is 6.42 Å². The summed E-state index contributed by atoms with van der Waals surface area (Å²) in [5.74, 6) is 0. The van der Waals surface area contributed by atoms with E-state index in [9.17, 15) is 9.90 Å². The van der Waals surface area contributed by atoms with Crippen molar-refractivity contribution < 1.29 is 14.9 Å². The second-order valence-corrected chi connectivity index (χ2v) is 4.17. The van der Waals surface area contributed by atoms with E-state index in [4.69, 9.17) is 9.84 Å². The smallest absolute Gasteiger partial charge is 0.277 e. The minimum Gasteiger partial charge on any atom is -0.394 e. The van der Waals surface area contributed by atoms with Gasteiger partial charge in [-0.05, 0) is 0 Å². The molecule has 0 spiro atoms. The van der Waals surface area contributed by atoms with Crippen molar-refractivity contribution in [3.63, 3.8) is 0 Å². The summed E-state index contributed by atoms with van der Waals surface area (Å²) in [6.45, 7) is -0.265. The molecule has 0 amide bonds. The van der Waals surface area contributed by atoms with Crippen LogP contribution in [-0.2, 0) is 4.74 Å². The first-order chi connectivity index (χ1) is 8.70. The van der Waals surface area contributed by atoms with E-state index in [-0.39, 0.29) is 12.2 Å². The third kappa shape index (κ3) is 1.62.